The molecule has 0 bridgehead atoms. The molecule has 3 aromatic carbocycles. The number of carbonyl (C=O) groups is 1. The Bertz CT molecular complexity index is 810. The Morgan fingerprint density at radius 3 is 2.23 bits per heavy atom. The van der Waals surface area contributed by atoms with E-state index in [2.05, 4.69) is 18.2 Å². The number of benzene rings is 3. The first-order valence-corrected chi connectivity index (χ1v) is 7.70. The van der Waals surface area contributed by atoms with Gasteiger partial charge in [-0.25, -0.2) is 0 Å². The fourth-order valence-corrected chi connectivity index (χ4v) is 3.00. The first-order chi connectivity index (χ1) is 10.6. The summed E-state index contributed by atoms with van der Waals surface area (Å²) in [5.74, 6) is 0. The molecule has 0 aliphatic heterocycles. The van der Waals surface area contributed by atoms with Gasteiger partial charge in [0, 0.05) is 0 Å². The fraction of sp³-hybridized carbons (Fsp3) is 0.150. The Kier molecular flexibility index (Phi) is 4.00. The highest BCUT2D eigenvalue weighted by molar-refractivity contribution is 6.65. The van der Waals surface area contributed by atoms with Crippen LogP contribution in [0.4, 0.5) is 0 Å². The maximum absolute atomic E-state index is 12.2. The van der Waals surface area contributed by atoms with Gasteiger partial charge in [-0.15, -0.1) is 0 Å². The van der Waals surface area contributed by atoms with Crippen LogP contribution in [0.1, 0.15) is 18.1 Å². The molecule has 22 heavy (non-hydrogen) atoms. The molecular weight excluding hydrogens is 292 g/mol. The van der Waals surface area contributed by atoms with E-state index in [-0.39, 0.29) is 5.24 Å². The van der Waals surface area contributed by atoms with E-state index in [4.69, 9.17) is 11.6 Å². The summed E-state index contributed by atoms with van der Waals surface area (Å²) >= 11 is 5.98. The van der Waals surface area contributed by atoms with Crippen molar-refractivity contribution in [1.29, 1.82) is 0 Å². The summed E-state index contributed by atoms with van der Waals surface area (Å²) in [6, 6.07) is 24.2. The van der Waals surface area contributed by atoms with E-state index in [1.54, 1.807) is 0 Å². The van der Waals surface area contributed by atoms with Crippen molar-refractivity contribution in [2.45, 2.75) is 18.8 Å². The van der Waals surface area contributed by atoms with Gasteiger partial charge in [0.1, 0.15) is 0 Å². The second-order valence-electron chi connectivity index (χ2n) is 5.83. The molecule has 0 fully saturated rings. The van der Waals surface area contributed by atoms with E-state index in [1.165, 1.54) is 0 Å². The second-order valence-corrected chi connectivity index (χ2v) is 6.17. The zero-order valence-corrected chi connectivity index (χ0v) is 13.2. The van der Waals surface area contributed by atoms with Crippen LogP contribution in [-0.4, -0.2) is 5.24 Å². The van der Waals surface area contributed by atoms with Crippen LogP contribution in [0.25, 0.3) is 10.8 Å². The summed E-state index contributed by atoms with van der Waals surface area (Å²) in [6.07, 6.45) is 0.592. The molecule has 0 spiro atoms. The summed E-state index contributed by atoms with van der Waals surface area (Å²) in [5, 5.41) is 1.96. The minimum Gasteiger partial charge on any atom is -0.280 e. The molecule has 0 saturated carbocycles. The van der Waals surface area contributed by atoms with Crippen molar-refractivity contribution >= 4 is 27.6 Å². The van der Waals surface area contributed by atoms with Gasteiger partial charge in [0.15, 0.2) is 0 Å². The van der Waals surface area contributed by atoms with Crippen molar-refractivity contribution in [3.8, 4) is 0 Å². The minimum atomic E-state index is -0.729. The van der Waals surface area contributed by atoms with Gasteiger partial charge in [-0.05, 0) is 46.8 Å². The van der Waals surface area contributed by atoms with Gasteiger partial charge in [0.25, 0.3) is 0 Å². The number of hydrogen-bond acceptors (Lipinski definition) is 1. The molecule has 0 radical (unpaired) electrons. The molecule has 0 N–H and O–H groups in total. The smallest absolute Gasteiger partial charge is 0.232 e. The van der Waals surface area contributed by atoms with Crippen LogP contribution in [0.15, 0.2) is 72.8 Å². The molecule has 0 amide bonds. The molecule has 3 rings (SSSR count). The van der Waals surface area contributed by atoms with Gasteiger partial charge < -0.3 is 0 Å². The summed E-state index contributed by atoms with van der Waals surface area (Å²) in [7, 11) is 0. The molecule has 3 aromatic rings. The lowest BCUT2D eigenvalue weighted by molar-refractivity contribution is -0.116. The van der Waals surface area contributed by atoms with Gasteiger partial charge in [-0.2, -0.15) is 0 Å². The Hall–Kier alpha value is -2.12. The molecule has 0 aliphatic rings. The molecule has 110 valence electrons. The van der Waals surface area contributed by atoms with E-state index in [0.29, 0.717) is 6.42 Å². The Balaban J connectivity index is 2.07. The Morgan fingerprint density at radius 2 is 1.55 bits per heavy atom. The van der Waals surface area contributed by atoms with Gasteiger partial charge >= 0.3 is 0 Å². The molecular formula is C20H17ClO. The van der Waals surface area contributed by atoms with E-state index < -0.39 is 5.41 Å². The van der Waals surface area contributed by atoms with Crippen molar-refractivity contribution in [2.75, 3.05) is 0 Å². The quantitative estimate of drug-likeness (QED) is 0.612. The number of hydrogen-bond donors (Lipinski definition) is 0. The number of rotatable bonds is 4. The molecule has 1 nitrogen and oxygen atoms in total. The third-order valence-electron chi connectivity index (χ3n) is 4.22. The van der Waals surface area contributed by atoms with Crippen LogP contribution < -0.4 is 0 Å². The van der Waals surface area contributed by atoms with Crippen LogP contribution in [0.2, 0.25) is 0 Å². The molecule has 0 heterocycles. The number of halogens is 1. The Labute approximate surface area is 135 Å². The van der Waals surface area contributed by atoms with Crippen molar-refractivity contribution in [1.82, 2.24) is 0 Å². The standard InChI is InChI=1S/C20H17ClO/c1-20(19(21)22,14-15-7-3-2-4-8-15)18-12-11-16-9-5-6-10-17(16)13-18/h2-13H,14H2,1H3. The van der Waals surface area contributed by atoms with E-state index >= 15 is 0 Å². The summed E-state index contributed by atoms with van der Waals surface area (Å²) < 4.78 is 0. The van der Waals surface area contributed by atoms with Crippen molar-refractivity contribution in [3.63, 3.8) is 0 Å². The van der Waals surface area contributed by atoms with Gasteiger partial charge in [-0.3, -0.25) is 4.79 Å². The van der Waals surface area contributed by atoms with Gasteiger partial charge in [0.2, 0.25) is 5.24 Å². The normalized spacial score (nSPS) is 13.7. The molecule has 0 aliphatic carbocycles. The highest BCUT2D eigenvalue weighted by Crippen LogP contribution is 2.32. The summed E-state index contributed by atoms with van der Waals surface area (Å²) in [6.45, 7) is 1.92. The monoisotopic (exact) mass is 308 g/mol. The minimum absolute atomic E-state index is 0.327. The number of carbonyl (C=O) groups excluding carboxylic acids is 1. The zero-order chi connectivity index (χ0) is 15.6. The lowest BCUT2D eigenvalue weighted by Crippen LogP contribution is -2.31. The molecule has 1 unspecified atom stereocenters. The molecule has 0 aromatic heterocycles. The average Bonchev–Trinajstić information content (AvgIpc) is 2.55. The maximum Gasteiger partial charge on any atom is 0.232 e. The third-order valence-corrected chi connectivity index (χ3v) is 4.64. The predicted octanol–water partition coefficient (Wildman–Crippen LogP) is 5.11. The first-order valence-electron chi connectivity index (χ1n) is 7.33. The molecule has 1 atom stereocenters. The third kappa shape index (κ3) is 2.77. The van der Waals surface area contributed by atoms with Crippen LogP contribution in [0.3, 0.4) is 0 Å². The molecule has 2 heteroatoms. The van der Waals surface area contributed by atoms with E-state index in [1.807, 2.05) is 61.5 Å². The summed E-state index contributed by atoms with van der Waals surface area (Å²) in [5.41, 5.74) is 1.33. The second kappa shape index (κ2) is 5.94. The van der Waals surface area contributed by atoms with Crippen molar-refractivity contribution in [2.24, 2.45) is 0 Å². The van der Waals surface area contributed by atoms with Crippen LogP contribution >= 0.6 is 11.6 Å². The Morgan fingerprint density at radius 1 is 0.909 bits per heavy atom. The van der Waals surface area contributed by atoms with Crippen LogP contribution in [-0.2, 0) is 16.6 Å². The topological polar surface area (TPSA) is 17.1 Å². The highest BCUT2D eigenvalue weighted by atomic mass is 35.5. The van der Waals surface area contributed by atoms with Crippen molar-refractivity contribution in [3.05, 3.63) is 83.9 Å². The molecule has 0 saturated heterocycles. The predicted molar refractivity (Wildman–Crippen MR) is 92.3 cm³/mol. The van der Waals surface area contributed by atoms with E-state index in [0.717, 1.165) is 21.9 Å². The largest absolute Gasteiger partial charge is 0.280 e. The van der Waals surface area contributed by atoms with Crippen molar-refractivity contribution < 1.29 is 4.79 Å². The maximum atomic E-state index is 12.2. The van der Waals surface area contributed by atoms with Crippen LogP contribution in [0.5, 0.6) is 0 Å². The van der Waals surface area contributed by atoms with E-state index in [9.17, 15) is 4.79 Å². The average molecular weight is 309 g/mol. The van der Waals surface area contributed by atoms with Gasteiger partial charge in [-0.1, -0.05) is 72.8 Å². The summed E-state index contributed by atoms with van der Waals surface area (Å²) in [4.78, 5) is 12.2. The highest BCUT2D eigenvalue weighted by Gasteiger charge is 2.34. The van der Waals surface area contributed by atoms with Gasteiger partial charge in [0.05, 0.1) is 5.41 Å². The first kappa shape index (κ1) is 14.8. The lowest BCUT2D eigenvalue weighted by atomic mass is 9.78. The lowest BCUT2D eigenvalue weighted by Gasteiger charge is -2.26. The fourth-order valence-electron chi connectivity index (χ4n) is 2.82. The number of fused-ring (bicyclic) bond motifs is 1. The zero-order valence-electron chi connectivity index (χ0n) is 12.4. The van der Waals surface area contributed by atoms with Crippen LogP contribution in [0, 0.1) is 0 Å². The SMILES string of the molecule is CC(Cc1ccccc1)(C(=O)Cl)c1ccc2ccccc2c1.